The van der Waals surface area contributed by atoms with Crippen LogP contribution in [-0.4, -0.2) is 18.5 Å². The third-order valence-corrected chi connectivity index (χ3v) is 2.86. The van der Waals surface area contributed by atoms with Crippen molar-refractivity contribution in [1.29, 1.82) is 0 Å². The maximum atomic E-state index is 12.2. The standard InChI is InChI=1S/C16H15NO3/c17-14(18)11-20-16(19)15(12-7-3-1-4-8-12)13-9-5-2-6-10-13/h1-10,15H,11H2,(H2,17,18). The maximum Gasteiger partial charge on any atom is 0.318 e. The van der Waals surface area contributed by atoms with Gasteiger partial charge in [-0.25, -0.2) is 0 Å². The zero-order chi connectivity index (χ0) is 14.4. The summed E-state index contributed by atoms with van der Waals surface area (Å²) >= 11 is 0. The van der Waals surface area contributed by atoms with E-state index in [1.54, 1.807) is 0 Å². The smallest absolute Gasteiger partial charge is 0.318 e. The molecule has 0 bridgehead atoms. The molecule has 0 fully saturated rings. The van der Waals surface area contributed by atoms with Crippen molar-refractivity contribution in [1.82, 2.24) is 0 Å². The van der Waals surface area contributed by atoms with Crippen LogP contribution in [0.1, 0.15) is 17.0 Å². The van der Waals surface area contributed by atoms with Gasteiger partial charge >= 0.3 is 5.97 Å². The van der Waals surface area contributed by atoms with Crippen LogP contribution in [0.3, 0.4) is 0 Å². The monoisotopic (exact) mass is 269 g/mol. The van der Waals surface area contributed by atoms with Crippen LogP contribution in [0.2, 0.25) is 0 Å². The first-order valence-electron chi connectivity index (χ1n) is 6.23. The fourth-order valence-electron chi connectivity index (χ4n) is 1.98. The van der Waals surface area contributed by atoms with Crippen molar-refractivity contribution >= 4 is 11.9 Å². The van der Waals surface area contributed by atoms with Gasteiger partial charge in [0.05, 0.1) is 0 Å². The third kappa shape index (κ3) is 3.45. The van der Waals surface area contributed by atoms with Crippen LogP contribution in [-0.2, 0) is 14.3 Å². The summed E-state index contributed by atoms with van der Waals surface area (Å²) in [5.41, 5.74) is 6.63. The number of primary amides is 1. The SMILES string of the molecule is NC(=O)COC(=O)C(c1ccccc1)c1ccccc1. The van der Waals surface area contributed by atoms with Gasteiger partial charge in [-0.1, -0.05) is 60.7 Å². The first kappa shape index (κ1) is 13.8. The van der Waals surface area contributed by atoms with Gasteiger partial charge in [0.2, 0.25) is 0 Å². The molecule has 2 rings (SSSR count). The average Bonchev–Trinajstić information content (AvgIpc) is 2.48. The summed E-state index contributed by atoms with van der Waals surface area (Å²) in [5.74, 6) is -1.71. The molecule has 1 amide bonds. The van der Waals surface area contributed by atoms with Crippen LogP contribution in [0.4, 0.5) is 0 Å². The second-order valence-electron chi connectivity index (χ2n) is 4.33. The quantitative estimate of drug-likeness (QED) is 0.842. The molecule has 0 aliphatic rings. The van der Waals surface area contributed by atoms with E-state index in [-0.39, 0.29) is 0 Å². The fourth-order valence-corrected chi connectivity index (χ4v) is 1.98. The molecule has 4 nitrogen and oxygen atoms in total. The summed E-state index contributed by atoms with van der Waals surface area (Å²) in [6.07, 6.45) is 0. The lowest BCUT2D eigenvalue weighted by Crippen LogP contribution is -2.24. The van der Waals surface area contributed by atoms with E-state index in [0.717, 1.165) is 11.1 Å². The van der Waals surface area contributed by atoms with E-state index in [2.05, 4.69) is 0 Å². The molecule has 2 aromatic rings. The molecule has 0 heterocycles. The number of carbonyl (C=O) groups excluding carboxylic acids is 2. The average molecular weight is 269 g/mol. The number of hydrogen-bond acceptors (Lipinski definition) is 3. The van der Waals surface area contributed by atoms with Gasteiger partial charge in [0.1, 0.15) is 5.92 Å². The highest BCUT2D eigenvalue weighted by atomic mass is 16.5. The Bertz CT molecular complexity index is 542. The minimum atomic E-state index is -0.668. The molecule has 0 unspecified atom stereocenters. The molecule has 0 aliphatic carbocycles. The molecule has 4 heteroatoms. The van der Waals surface area contributed by atoms with Crippen molar-refractivity contribution in [3.63, 3.8) is 0 Å². The topological polar surface area (TPSA) is 69.4 Å². The number of carbonyl (C=O) groups is 2. The van der Waals surface area contributed by atoms with Crippen LogP contribution in [0, 0.1) is 0 Å². The first-order chi connectivity index (χ1) is 9.68. The molecule has 102 valence electrons. The van der Waals surface area contributed by atoms with E-state index in [1.165, 1.54) is 0 Å². The lowest BCUT2D eigenvalue weighted by Gasteiger charge is -2.16. The van der Waals surface area contributed by atoms with Crippen LogP contribution >= 0.6 is 0 Å². The molecule has 0 aromatic heterocycles. The number of nitrogens with two attached hydrogens (primary N) is 1. The first-order valence-corrected chi connectivity index (χ1v) is 6.23. The normalized spacial score (nSPS) is 10.2. The van der Waals surface area contributed by atoms with Gasteiger partial charge in [-0.2, -0.15) is 0 Å². The molecule has 0 aliphatic heterocycles. The van der Waals surface area contributed by atoms with E-state index < -0.39 is 24.4 Å². The van der Waals surface area contributed by atoms with E-state index in [4.69, 9.17) is 10.5 Å². The van der Waals surface area contributed by atoms with E-state index in [1.807, 2.05) is 60.7 Å². The summed E-state index contributed by atoms with van der Waals surface area (Å²) in [6.45, 7) is -0.408. The summed E-state index contributed by atoms with van der Waals surface area (Å²) < 4.78 is 4.96. The Labute approximate surface area is 117 Å². The number of esters is 1. The van der Waals surface area contributed by atoms with E-state index in [0.29, 0.717) is 0 Å². The van der Waals surface area contributed by atoms with Gasteiger partial charge < -0.3 is 10.5 Å². The third-order valence-electron chi connectivity index (χ3n) is 2.86. The number of benzene rings is 2. The molecule has 2 aromatic carbocycles. The highest BCUT2D eigenvalue weighted by Gasteiger charge is 2.24. The van der Waals surface area contributed by atoms with Crippen molar-refractivity contribution < 1.29 is 14.3 Å². The molecule has 0 saturated carbocycles. The Hall–Kier alpha value is -2.62. The van der Waals surface area contributed by atoms with Crippen molar-refractivity contribution in [2.75, 3.05) is 6.61 Å². The molecule has 0 radical (unpaired) electrons. The lowest BCUT2D eigenvalue weighted by atomic mass is 9.91. The minimum absolute atomic E-state index is 0.408. The second-order valence-corrected chi connectivity index (χ2v) is 4.33. The molecule has 2 N–H and O–H groups in total. The number of rotatable bonds is 5. The van der Waals surface area contributed by atoms with Crippen molar-refractivity contribution in [3.05, 3.63) is 71.8 Å². The van der Waals surface area contributed by atoms with Gasteiger partial charge in [0.15, 0.2) is 6.61 Å². The summed E-state index contributed by atoms with van der Waals surface area (Å²) in [4.78, 5) is 23.0. The van der Waals surface area contributed by atoms with Crippen LogP contribution < -0.4 is 5.73 Å². The van der Waals surface area contributed by atoms with Crippen molar-refractivity contribution in [2.24, 2.45) is 5.73 Å². The second kappa shape index (κ2) is 6.52. The minimum Gasteiger partial charge on any atom is -0.455 e. The van der Waals surface area contributed by atoms with Gasteiger partial charge in [-0.15, -0.1) is 0 Å². The van der Waals surface area contributed by atoms with E-state index >= 15 is 0 Å². The molecule has 0 spiro atoms. The van der Waals surface area contributed by atoms with Crippen molar-refractivity contribution in [2.45, 2.75) is 5.92 Å². The Balaban J connectivity index is 2.30. The summed E-state index contributed by atoms with van der Waals surface area (Å²) in [7, 11) is 0. The number of amides is 1. The zero-order valence-electron chi connectivity index (χ0n) is 10.9. The van der Waals surface area contributed by atoms with Gasteiger partial charge in [-0.3, -0.25) is 9.59 Å². The van der Waals surface area contributed by atoms with Gasteiger partial charge in [0.25, 0.3) is 5.91 Å². The Kier molecular flexibility index (Phi) is 4.50. The Morgan fingerprint density at radius 3 is 1.75 bits per heavy atom. The van der Waals surface area contributed by atoms with Gasteiger partial charge in [-0.05, 0) is 11.1 Å². The summed E-state index contributed by atoms with van der Waals surface area (Å²) in [6, 6.07) is 18.6. The highest BCUT2D eigenvalue weighted by Crippen LogP contribution is 2.25. The largest absolute Gasteiger partial charge is 0.455 e. The zero-order valence-corrected chi connectivity index (χ0v) is 10.9. The van der Waals surface area contributed by atoms with Crippen LogP contribution in [0.25, 0.3) is 0 Å². The fraction of sp³-hybridized carbons (Fsp3) is 0.125. The number of hydrogen-bond donors (Lipinski definition) is 1. The molecule has 0 atom stereocenters. The predicted octanol–water partition coefficient (Wildman–Crippen LogP) is 1.85. The molecule has 0 saturated heterocycles. The van der Waals surface area contributed by atoms with E-state index in [9.17, 15) is 9.59 Å². The predicted molar refractivity (Wildman–Crippen MR) is 74.9 cm³/mol. The molecular weight excluding hydrogens is 254 g/mol. The van der Waals surface area contributed by atoms with Crippen LogP contribution in [0.15, 0.2) is 60.7 Å². The van der Waals surface area contributed by atoms with Crippen LogP contribution in [0.5, 0.6) is 0 Å². The molecule has 20 heavy (non-hydrogen) atoms. The molecular formula is C16H15NO3. The van der Waals surface area contributed by atoms with Crippen molar-refractivity contribution in [3.8, 4) is 0 Å². The number of ether oxygens (including phenoxy) is 1. The van der Waals surface area contributed by atoms with Gasteiger partial charge in [0, 0.05) is 0 Å². The maximum absolute atomic E-state index is 12.2. The Morgan fingerprint density at radius 1 is 0.900 bits per heavy atom. The summed E-state index contributed by atoms with van der Waals surface area (Å²) in [5, 5.41) is 0. The highest BCUT2D eigenvalue weighted by molar-refractivity contribution is 5.85. The Morgan fingerprint density at radius 2 is 1.35 bits per heavy atom. The lowest BCUT2D eigenvalue weighted by molar-refractivity contribution is -0.148.